The summed E-state index contributed by atoms with van der Waals surface area (Å²) in [6.45, 7) is 1.64. The van der Waals surface area contributed by atoms with Crippen LogP contribution in [0.5, 0.6) is 5.75 Å². The molecule has 0 aliphatic carbocycles. The van der Waals surface area contributed by atoms with E-state index in [1.807, 2.05) is 0 Å². The first-order chi connectivity index (χ1) is 9.54. The molecule has 1 atom stereocenters. The third-order valence-corrected chi connectivity index (χ3v) is 3.01. The van der Waals surface area contributed by atoms with E-state index in [4.69, 9.17) is 16.3 Å². The Balaban J connectivity index is 1.94. The summed E-state index contributed by atoms with van der Waals surface area (Å²) in [5.74, 6) is 0.459. The Kier molecular flexibility index (Phi) is 4.92. The summed E-state index contributed by atoms with van der Waals surface area (Å²) in [4.78, 5) is 19.8. The topological polar surface area (TPSA) is 64.1 Å². The van der Waals surface area contributed by atoms with Crippen LogP contribution in [0.1, 0.15) is 6.92 Å². The number of halogens is 2. The van der Waals surface area contributed by atoms with Crippen molar-refractivity contribution in [2.24, 2.45) is 0 Å². The minimum absolute atomic E-state index is 0.227. The van der Waals surface area contributed by atoms with E-state index in [-0.39, 0.29) is 11.9 Å². The number of carbonyl (C=O) groups is 1. The fraction of sp³-hybridized carbons (Fsp3) is 0.154. The van der Waals surface area contributed by atoms with Gasteiger partial charge in [-0.2, -0.15) is 0 Å². The zero-order chi connectivity index (χ0) is 14.5. The van der Waals surface area contributed by atoms with Crippen molar-refractivity contribution in [1.29, 1.82) is 0 Å². The largest absolute Gasteiger partial charge is 0.481 e. The predicted molar refractivity (Wildman–Crippen MR) is 79.9 cm³/mol. The minimum Gasteiger partial charge on any atom is -0.481 e. The van der Waals surface area contributed by atoms with Gasteiger partial charge in [0.2, 0.25) is 5.95 Å². The lowest BCUT2D eigenvalue weighted by molar-refractivity contribution is -0.122. The van der Waals surface area contributed by atoms with Gasteiger partial charge in [0, 0.05) is 17.4 Å². The smallest absolute Gasteiger partial charge is 0.267 e. The second kappa shape index (κ2) is 6.67. The molecule has 0 bridgehead atoms. The molecule has 2 rings (SSSR count). The van der Waals surface area contributed by atoms with Gasteiger partial charge in [-0.05, 0) is 47.1 Å². The van der Waals surface area contributed by atoms with E-state index in [0.717, 1.165) is 4.47 Å². The highest BCUT2D eigenvalue weighted by Crippen LogP contribution is 2.17. The molecule has 5 nitrogen and oxygen atoms in total. The van der Waals surface area contributed by atoms with E-state index in [9.17, 15) is 4.79 Å². The molecule has 0 spiro atoms. The fourth-order valence-electron chi connectivity index (χ4n) is 1.36. The van der Waals surface area contributed by atoms with Crippen LogP contribution in [0.4, 0.5) is 5.95 Å². The van der Waals surface area contributed by atoms with E-state index >= 15 is 0 Å². The molecule has 20 heavy (non-hydrogen) atoms. The number of aromatic nitrogens is 2. The van der Waals surface area contributed by atoms with Crippen molar-refractivity contribution in [3.63, 3.8) is 0 Å². The standard InChI is InChI=1S/C13H11BrClN3O2/c1-8(20-11-4-2-10(15)3-5-11)12(19)18-13-16-6-9(14)7-17-13/h2-8H,1H3,(H,16,17,18,19). The summed E-state index contributed by atoms with van der Waals surface area (Å²) in [6.07, 6.45) is 2.42. The van der Waals surface area contributed by atoms with Gasteiger partial charge in [0.15, 0.2) is 6.10 Å². The molecule has 104 valence electrons. The monoisotopic (exact) mass is 355 g/mol. The summed E-state index contributed by atoms with van der Waals surface area (Å²) >= 11 is 8.99. The van der Waals surface area contributed by atoms with Gasteiger partial charge in [0.25, 0.3) is 5.91 Å². The van der Waals surface area contributed by atoms with Crippen LogP contribution in [0.25, 0.3) is 0 Å². The van der Waals surface area contributed by atoms with Crippen LogP contribution in [0, 0.1) is 0 Å². The lowest BCUT2D eigenvalue weighted by atomic mass is 10.3. The second-order valence-electron chi connectivity index (χ2n) is 3.93. The average molecular weight is 357 g/mol. The SMILES string of the molecule is CC(Oc1ccc(Cl)cc1)C(=O)Nc1ncc(Br)cn1. The molecule has 0 fully saturated rings. The number of rotatable bonds is 4. The molecule has 1 aromatic carbocycles. The van der Waals surface area contributed by atoms with E-state index in [1.165, 1.54) is 0 Å². The van der Waals surface area contributed by atoms with E-state index in [1.54, 1.807) is 43.6 Å². The number of benzene rings is 1. The number of amides is 1. The van der Waals surface area contributed by atoms with Gasteiger partial charge in [0.05, 0.1) is 4.47 Å². The number of nitrogens with zero attached hydrogens (tertiary/aromatic N) is 2. The molecule has 0 aliphatic rings. The van der Waals surface area contributed by atoms with Gasteiger partial charge in [-0.1, -0.05) is 11.6 Å². The molecule has 7 heteroatoms. The van der Waals surface area contributed by atoms with Gasteiger partial charge >= 0.3 is 0 Å². The van der Waals surface area contributed by atoms with Gasteiger partial charge < -0.3 is 4.74 Å². The Morgan fingerprint density at radius 3 is 2.50 bits per heavy atom. The molecule has 0 radical (unpaired) electrons. The number of ether oxygens (including phenoxy) is 1. The maximum atomic E-state index is 11.9. The Hall–Kier alpha value is -1.66. The highest BCUT2D eigenvalue weighted by Gasteiger charge is 2.15. The van der Waals surface area contributed by atoms with Crippen LogP contribution in [-0.4, -0.2) is 22.0 Å². The Bertz CT molecular complexity index is 590. The summed E-state index contributed by atoms with van der Waals surface area (Å²) in [5, 5.41) is 3.18. The van der Waals surface area contributed by atoms with Crippen molar-refractivity contribution in [1.82, 2.24) is 9.97 Å². The van der Waals surface area contributed by atoms with Gasteiger partial charge in [-0.15, -0.1) is 0 Å². The fourth-order valence-corrected chi connectivity index (χ4v) is 1.69. The molecule has 0 saturated carbocycles. The first kappa shape index (κ1) is 14.7. The molecule has 0 saturated heterocycles. The quantitative estimate of drug-likeness (QED) is 0.913. The zero-order valence-corrected chi connectivity index (χ0v) is 12.9. The van der Waals surface area contributed by atoms with E-state index in [2.05, 4.69) is 31.2 Å². The zero-order valence-electron chi connectivity index (χ0n) is 10.5. The highest BCUT2D eigenvalue weighted by atomic mass is 79.9. The summed E-state index contributed by atoms with van der Waals surface area (Å²) in [7, 11) is 0. The number of hydrogen-bond acceptors (Lipinski definition) is 4. The van der Waals surface area contributed by atoms with Gasteiger partial charge in [0.1, 0.15) is 5.75 Å². The van der Waals surface area contributed by atoms with Gasteiger partial charge in [-0.3, -0.25) is 10.1 Å². The molecule has 1 N–H and O–H groups in total. The number of nitrogens with one attached hydrogen (secondary N) is 1. The Labute approximate surface area is 129 Å². The summed E-state index contributed by atoms with van der Waals surface area (Å²) in [6, 6.07) is 6.78. The molecule has 2 aromatic rings. The van der Waals surface area contributed by atoms with Gasteiger partial charge in [-0.25, -0.2) is 9.97 Å². The van der Waals surface area contributed by atoms with Crippen molar-refractivity contribution in [3.05, 3.63) is 46.2 Å². The first-order valence-electron chi connectivity index (χ1n) is 5.75. The first-order valence-corrected chi connectivity index (χ1v) is 6.92. The second-order valence-corrected chi connectivity index (χ2v) is 5.28. The van der Waals surface area contributed by atoms with Crippen molar-refractivity contribution < 1.29 is 9.53 Å². The average Bonchev–Trinajstić information content (AvgIpc) is 2.44. The molecule has 1 unspecified atom stereocenters. The maximum absolute atomic E-state index is 11.9. The number of carbonyl (C=O) groups excluding carboxylic acids is 1. The lowest BCUT2D eigenvalue weighted by Gasteiger charge is -2.13. The molecular formula is C13H11BrClN3O2. The summed E-state index contributed by atoms with van der Waals surface area (Å²) in [5.41, 5.74) is 0. The van der Waals surface area contributed by atoms with Crippen molar-refractivity contribution in [3.8, 4) is 5.75 Å². The summed E-state index contributed by atoms with van der Waals surface area (Å²) < 4.78 is 6.23. The number of hydrogen-bond donors (Lipinski definition) is 1. The highest BCUT2D eigenvalue weighted by molar-refractivity contribution is 9.10. The molecular weight excluding hydrogens is 346 g/mol. The van der Waals surface area contributed by atoms with Crippen LogP contribution in [0.2, 0.25) is 5.02 Å². The third-order valence-electron chi connectivity index (χ3n) is 2.35. The minimum atomic E-state index is -0.677. The van der Waals surface area contributed by atoms with E-state index in [0.29, 0.717) is 10.8 Å². The maximum Gasteiger partial charge on any atom is 0.267 e. The van der Waals surface area contributed by atoms with Crippen LogP contribution in [-0.2, 0) is 4.79 Å². The normalized spacial score (nSPS) is 11.8. The van der Waals surface area contributed by atoms with Crippen LogP contribution < -0.4 is 10.1 Å². The number of anilines is 1. The molecule has 0 aliphatic heterocycles. The van der Waals surface area contributed by atoms with Crippen LogP contribution in [0.15, 0.2) is 41.1 Å². The molecule has 1 heterocycles. The molecule has 1 aromatic heterocycles. The van der Waals surface area contributed by atoms with Crippen molar-refractivity contribution in [2.75, 3.05) is 5.32 Å². The van der Waals surface area contributed by atoms with Crippen molar-refractivity contribution >= 4 is 39.4 Å². The van der Waals surface area contributed by atoms with Crippen LogP contribution in [0.3, 0.4) is 0 Å². The predicted octanol–water partition coefficient (Wildman–Crippen LogP) is 3.30. The van der Waals surface area contributed by atoms with E-state index < -0.39 is 6.10 Å². The Morgan fingerprint density at radius 1 is 1.30 bits per heavy atom. The lowest BCUT2D eigenvalue weighted by Crippen LogP contribution is -2.30. The molecule has 1 amide bonds. The van der Waals surface area contributed by atoms with Crippen molar-refractivity contribution in [2.45, 2.75) is 13.0 Å². The third kappa shape index (κ3) is 4.18. The Morgan fingerprint density at radius 2 is 1.90 bits per heavy atom. The van der Waals surface area contributed by atoms with Crippen LogP contribution >= 0.6 is 27.5 Å².